The number of likely N-dealkylation sites (tertiary alicyclic amines) is 1. The second-order valence-electron chi connectivity index (χ2n) is 7.43. The number of rotatable bonds is 6. The van der Waals surface area contributed by atoms with Gasteiger partial charge in [-0.05, 0) is 31.9 Å². The molecular weight excluding hydrogens is 318 g/mol. The zero-order valence-corrected chi connectivity index (χ0v) is 15.3. The van der Waals surface area contributed by atoms with Crippen molar-refractivity contribution in [3.8, 4) is 0 Å². The number of nitrogens with one attached hydrogen (secondary N) is 1. The Morgan fingerprint density at radius 2 is 2.12 bits per heavy atom. The zero-order chi connectivity index (χ0) is 17.8. The highest BCUT2D eigenvalue weighted by molar-refractivity contribution is 5.79. The Kier molecular flexibility index (Phi) is 5.66. The van der Waals surface area contributed by atoms with E-state index in [9.17, 15) is 9.59 Å². The molecule has 6 nitrogen and oxygen atoms in total. The van der Waals surface area contributed by atoms with Gasteiger partial charge in [0.1, 0.15) is 11.5 Å². The summed E-state index contributed by atoms with van der Waals surface area (Å²) in [7, 11) is 1.80. The number of hydrogen-bond donors (Lipinski definition) is 1. The van der Waals surface area contributed by atoms with Crippen LogP contribution in [0.2, 0.25) is 0 Å². The molecule has 1 saturated carbocycles. The summed E-state index contributed by atoms with van der Waals surface area (Å²) in [5, 5.41) is 2.92. The average Bonchev–Trinajstić information content (AvgIpc) is 3.29. The average molecular weight is 347 g/mol. The van der Waals surface area contributed by atoms with E-state index in [4.69, 9.17) is 4.42 Å². The molecule has 1 N–H and O–H groups in total. The first kappa shape index (κ1) is 17.8. The van der Waals surface area contributed by atoms with Crippen molar-refractivity contribution in [3.05, 3.63) is 23.7 Å². The molecule has 0 aromatic carbocycles. The maximum absolute atomic E-state index is 12.3. The van der Waals surface area contributed by atoms with Crippen LogP contribution in [0.5, 0.6) is 0 Å². The van der Waals surface area contributed by atoms with Gasteiger partial charge in [0.05, 0.1) is 0 Å². The lowest BCUT2D eigenvalue weighted by atomic mass is 10.1. The fourth-order valence-corrected chi connectivity index (χ4v) is 4.02. The molecule has 1 aliphatic heterocycles. The number of nitrogens with zero attached hydrogens (tertiary/aromatic N) is 2. The number of urea groups is 1. The van der Waals surface area contributed by atoms with E-state index in [1.807, 2.05) is 19.1 Å². The van der Waals surface area contributed by atoms with Crippen LogP contribution in [0.4, 0.5) is 4.79 Å². The van der Waals surface area contributed by atoms with Crippen LogP contribution in [0.3, 0.4) is 0 Å². The molecule has 6 heteroatoms. The standard InChI is InChI=1S/C19H29N3O3/c1-14-7-8-17(25-14)9-10-20-19(24)21(2)12-15-11-18(23)22(13-15)16-5-3-4-6-16/h7-8,15-16H,3-6,9-13H2,1-2H3,(H,20,24). The van der Waals surface area contributed by atoms with Crippen molar-refractivity contribution in [1.82, 2.24) is 15.1 Å². The molecule has 3 amide bonds. The summed E-state index contributed by atoms with van der Waals surface area (Å²) < 4.78 is 5.50. The van der Waals surface area contributed by atoms with Gasteiger partial charge in [0.15, 0.2) is 0 Å². The third-order valence-electron chi connectivity index (χ3n) is 5.33. The molecule has 25 heavy (non-hydrogen) atoms. The maximum atomic E-state index is 12.3. The largest absolute Gasteiger partial charge is 0.466 e. The van der Waals surface area contributed by atoms with Crippen molar-refractivity contribution in [2.24, 2.45) is 5.92 Å². The van der Waals surface area contributed by atoms with E-state index in [0.717, 1.165) is 30.9 Å². The molecule has 1 atom stereocenters. The SMILES string of the molecule is Cc1ccc(CCNC(=O)N(C)CC2CC(=O)N(C3CCCC3)C2)o1. The van der Waals surface area contributed by atoms with Gasteiger partial charge in [-0.2, -0.15) is 0 Å². The van der Waals surface area contributed by atoms with Crippen molar-refractivity contribution >= 4 is 11.9 Å². The number of aryl methyl sites for hydroxylation is 1. The van der Waals surface area contributed by atoms with E-state index < -0.39 is 0 Å². The van der Waals surface area contributed by atoms with Gasteiger partial charge in [-0.25, -0.2) is 4.79 Å². The Hall–Kier alpha value is -1.98. The highest BCUT2D eigenvalue weighted by Gasteiger charge is 2.36. The number of carbonyl (C=O) groups is 2. The first-order valence-electron chi connectivity index (χ1n) is 9.36. The van der Waals surface area contributed by atoms with Crippen molar-refractivity contribution < 1.29 is 14.0 Å². The molecule has 1 aromatic heterocycles. The molecule has 2 heterocycles. The summed E-state index contributed by atoms with van der Waals surface area (Å²) in [6.45, 7) is 3.88. The van der Waals surface area contributed by atoms with Crippen molar-refractivity contribution in [1.29, 1.82) is 0 Å². The minimum Gasteiger partial charge on any atom is -0.466 e. The Labute approximate surface area is 149 Å². The third-order valence-corrected chi connectivity index (χ3v) is 5.33. The molecule has 0 radical (unpaired) electrons. The number of hydrogen-bond acceptors (Lipinski definition) is 3. The fraction of sp³-hybridized carbons (Fsp3) is 0.684. The van der Waals surface area contributed by atoms with Crippen LogP contribution in [-0.2, 0) is 11.2 Å². The van der Waals surface area contributed by atoms with Gasteiger partial charge in [-0.1, -0.05) is 12.8 Å². The molecule has 0 spiro atoms. The summed E-state index contributed by atoms with van der Waals surface area (Å²) in [6.07, 6.45) is 6.00. The number of furan rings is 1. The lowest BCUT2D eigenvalue weighted by Gasteiger charge is -2.25. The number of amides is 3. The number of carbonyl (C=O) groups excluding carboxylic acids is 2. The molecular formula is C19H29N3O3. The Morgan fingerprint density at radius 3 is 2.80 bits per heavy atom. The highest BCUT2D eigenvalue weighted by atomic mass is 16.3. The summed E-state index contributed by atoms with van der Waals surface area (Å²) in [6, 6.07) is 4.21. The molecule has 2 fully saturated rings. The van der Waals surface area contributed by atoms with Crippen LogP contribution in [0.1, 0.15) is 43.6 Å². The van der Waals surface area contributed by atoms with Crippen LogP contribution in [-0.4, -0.2) is 54.5 Å². The Balaban J connectivity index is 1.40. The third kappa shape index (κ3) is 4.55. The Bertz CT molecular complexity index is 607. The van der Waals surface area contributed by atoms with E-state index in [-0.39, 0.29) is 17.9 Å². The van der Waals surface area contributed by atoms with Gasteiger partial charge >= 0.3 is 6.03 Å². The van der Waals surface area contributed by atoms with Gasteiger partial charge in [-0.3, -0.25) is 4.79 Å². The van der Waals surface area contributed by atoms with E-state index in [2.05, 4.69) is 10.2 Å². The summed E-state index contributed by atoms with van der Waals surface area (Å²) in [5.41, 5.74) is 0. The first-order valence-corrected chi connectivity index (χ1v) is 9.36. The maximum Gasteiger partial charge on any atom is 0.317 e. The monoisotopic (exact) mass is 347 g/mol. The van der Waals surface area contributed by atoms with E-state index >= 15 is 0 Å². The quantitative estimate of drug-likeness (QED) is 0.860. The normalized spacial score (nSPS) is 21.1. The molecule has 1 saturated heterocycles. The van der Waals surface area contributed by atoms with Gasteiger partial charge in [-0.15, -0.1) is 0 Å². The summed E-state index contributed by atoms with van der Waals surface area (Å²) in [5.74, 6) is 2.28. The topological polar surface area (TPSA) is 65.8 Å². The van der Waals surface area contributed by atoms with Crippen LogP contribution in [0, 0.1) is 12.8 Å². The van der Waals surface area contributed by atoms with Crippen molar-refractivity contribution in [2.45, 2.75) is 51.5 Å². The van der Waals surface area contributed by atoms with Gasteiger partial charge in [0.2, 0.25) is 5.91 Å². The second kappa shape index (κ2) is 7.93. The molecule has 0 bridgehead atoms. The summed E-state index contributed by atoms with van der Waals surface area (Å²) >= 11 is 0. The second-order valence-corrected chi connectivity index (χ2v) is 7.43. The minimum absolute atomic E-state index is 0.0879. The van der Waals surface area contributed by atoms with Crippen molar-refractivity contribution in [3.63, 3.8) is 0 Å². The first-order chi connectivity index (χ1) is 12.0. The minimum atomic E-state index is -0.0879. The fourth-order valence-electron chi connectivity index (χ4n) is 4.02. The van der Waals surface area contributed by atoms with Gasteiger partial charge < -0.3 is 19.5 Å². The smallest absolute Gasteiger partial charge is 0.317 e. The highest BCUT2D eigenvalue weighted by Crippen LogP contribution is 2.29. The lowest BCUT2D eigenvalue weighted by molar-refractivity contribution is -0.129. The lowest BCUT2D eigenvalue weighted by Crippen LogP contribution is -2.41. The Morgan fingerprint density at radius 1 is 1.36 bits per heavy atom. The summed E-state index contributed by atoms with van der Waals surface area (Å²) in [4.78, 5) is 28.2. The van der Waals surface area contributed by atoms with Crippen LogP contribution >= 0.6 is 0 Å². The van der Waals surface area contributed by atoms with Crippen LogP contribution in [0.25, 0.3) is 0 Å². The van der Waals surface area contributed by atoms with Crippen LogP contribution in [0.15, 0.2) is 16.5 Å². The predicted octanol–water partition coefficient (Wildman–Crippen LogP) is 2.56. The van der Waals surface area contributed by atoms with E-state index in [1.54, 1.807) is 11.9 Å². The van der Waals surface area contributed by atoms with Gasteiger partial charge in [0.25, 0.3) is 0 Å². The van der Waals surface area contributed by atoms with Crippen LogP contribution < -0.4 is 5.32 Å². The molecule has 138 valence electrons. The molecule has 1 aliphatic carbocycles. The van der Waals surface area contributed by atoms with E-state index in [1.165, 1.54) is 12.8 Å². The van der Waals surface area contributed by atoms with E-state index in [0.29, 0.717) is 32.0 Å². The molecule has 1 aromatic rings. The molecule has 2 aliphatic rings. The zero-order valence-electron chi connectivity index (χ0n) is 15.3. The van der Waals surface area contributed by atoms with Crippen molar-refractivity contribution in [2.75, 3.05) is 26.7 Å². The van der Waals surface area contributed by atoms with Gasteiger partial charge in [0, 0.05) is 51.5 Å². The molecule has 3 rings (SSSR count). The molecule has 1 unspecified atom stereocenters. The predicted molar refractivity (Wildman–Crippen MR) is 95.3 cm³/mol.